The van der Waals surface area contributed by atoms with E-state index in [1.54, 1.807) is 30.7 Å². The van der Waals surface area contributed by atoms with Crippen molar-refractivity contribution in [2.45, 2.75) is 111 Å². The largest absolute Gasteiger partial charge is 2.00 e. The van der Waals surface area contributed by atoms with E-state index in [9.17, 15) is 10.2 Å². The third-order valence-corrected chi connectivity index (χ3v) is 6.55. The number of benzene rings is 2. The molecule has 0 amide bonds. The molecule has 0 bridgehead atoms. The number of nitrogens with zero attached hydrogens (tertiary/aromatic N) is 3. The Morgan fingerprint density at radius 2 is 1.15 bits per heavy atom. The van der Waals surface area contributed by atoms with Crippen LogP contribution < -0.4 is 10.2 Å². The molecule has 0 aliphatic carbocycles. The minimum atomic E-state index is -0.347. The summed E-state index contributed by atoms with van der Waals surface area (Å²) in [5.74, 6) is -0.695. The van der Waals surface area contributed by atoms with Crippen LogP contribution in [0.4, 0.5) is 5.69 Å². The summed E-state index contributed by atoms with van der Waals surface area (Å²) in [6.07, 6.45) is 7.80. The molecule has 6 heteroatoms. The van der Waals surface area contributed by atoms with Crippen molar-refractivity contribution < 1.29 is 26.7 Å². The molecule has 0 unspecified atom stereocenters. The third kappa shape index (κ3) is 9.73. The van der Waals surface area contributed by atoms with Crippen molar-refractivity contribution in [3.05, 3.63) is 76.9 Å². The predicted octanol–water partition coefficient (Wildman–Crippen LogP) is 7.44. The summed E-state index contributed by atoms with van der Waals surface area (Å²) in [6.45, 7) is 25.0. The molecular weight excluding hydrogens is 541 g/mol. The van der Waals surface area contributed by atoms with Crippen LogP contribution >= 0.6 is 0 Å². The monoisotopic (exact) mass is 587 g/mol. The first-order valence-corrected chi connectivity index (χ1v) is 13.7. The van der Waals surface area contributed by atoms with Gasteiger partial charge in [0.1, 0.15) is 0 Å². The third-order valence-electron chi connectivity index (χ3n) is 6.55. The Kier molecular flexibility index (Phi) is 11.7. The Labute approximate surface area is 252 Å². The van der Waals surface area contributed by atoms with E-state index < -0.39 is 0 Å². The molecule has 3 aromatic rings. The van der Waals surface area contributed by atoms with Gasteiger partial charge in [0.05, 0.1) is 11.4 Å². The van der Waals surface area contributed by atoms with E-state index in [4.69, 9.17) is 4.99 Å². The first kappa shape index (κ1) is 35.3. The number of hydrogen-bond donors (Lipinski definition) is 0. The second kappa shape index (κ2) is 13.3. The maximum absolute atomic E-state index is 12.0. The summed E-state index contributed by atoms with van der Waals surface area (Å²) in [4.78, 5) is 13.1. The summed E-state index contributed by atoms with van der Waals surface area (Å²) in [5, 5.41) is 23.9. The Hall–Kier alpha value is -2.72. The Morgan fingerprint density at radius 1 is 0.675 bits per heavy atom. The number of rotatable bonds is 3. The molecule has 0 aliphatic heterocycles. The van der Waals surface area contributed by atoms with Crippen molar-refractivity contribution in [1.82, 2.24) is 9.97 Å². The first-order valence-electron chi connectivity index (χ1n) is 13.7. The van der Waals surface area contributed by atoms with E-state index in [0.717, 1.165) is 11.4 Å². The van der Waals surface area contributed by atoms with Gasteiger partial charge in [-0.1, -0.05) is 118 Å². The molecule has 220 valence electrons. The Bertz CT molecular complexity index is 1230. The maximum Gasteiger partial charge on any atom is 2.00 e. The van der Waals surface area contributed by atoms with Gasteiger partial charge in [0, 0.05) is 31.2 Å². The van der Waals surface area contributed by atoms with E-state index in [1.165, 1.54) is 11.1 Å². The van der Waals surface area contributed by atoms with Crippen LogP contribution in [0.25, 0.3) is 0 Å². The predicted molar refractivity (Wildman–Crippen MR) is 160 cm³/mol. The van der Waals surface area contributed by atoms with Crippen LogP contribution in [0, 0.1) is 0 Å². The van der Waals surface area contributed by atoms with Crippen molar-refractivity contribution in [3.8, 4) is 11.5 Å². The SMILES string of the molecule is CC(C)(C)c1ccc(C(C)(C)C)c(N=CCc2cnccn2)c1.CC(C)(C)c1ccc(C(C)(C)C)c([O-])c1[O-].[Ni+2]. The Morgan fingerprint density at radius 3 is 1.55 bits per heavy atom. The van der Waals surface area contributed by atoms with Gasteiger partial charge in [-0.25, -0.2) is 0 Å². The molecule has 0 radical (unpaired) electrons. The smallest absolute Gasteiger partial charge is 0.873 e. The molecule has 0 fully saturated rings. The van der Waals surface area contributed by atoms with Crippen LogP contribution in [0.2, 0.25) is 0 Å². The molecule has 0 N–H and O–H groups in total. The molecule has 0 atom stereocenters. The second-order valence-electron chi connectivity index (χ2n) is 14.3. The molecule has 3 rings (SSSR count). The average Bonchev–Trinajstić information content (AvgIpc) is 2.79. The van der Waals surface area contributed by atoms with Gasteiger partial charge in [-0.3, -0.25) is 15.0 Å². The molecule has 1 aromatic heterocycles. The van der Waals surface area contributed by atoms with Crippen LogP contribution in [0.5, 0.6) is 11.5 Å². The molecule has 2 aromatic carbocycles. The fourth-order valence-corrected chi connectivity index (χ4v) is 4.16. The van der Waals surface area contributed by atoms with Crippen molar-refractivity contribution in [3.63, 3.8) is 0 Å². The standard InChI is InChI=1S/C20H27N3.C14H22O2.Ni/c1-19(2,3)15-7-8-17(20(4,5)6)18(13-15)23-10-9-16-14-21-11-12-22-16;1-13(2,3)9-7-8-10(14(4,5)6)12(16)11(9)15;/h7-8,10-14H,9H2,1-6H3;7-8,15-16H,1-6H3;/q;;+2/p-2. The molecule has 40 heavy (non-hydrogen) atoms. The maximum atomic E-state index is 12.0. The van der Waals surface area contributed by atoms with Crippen LogP contribution in [-0.4, -0.2) is 16.2 Å². The summed E-state index contributed by atoms with van der Waals surface area (Å²) in [7, 11) is 0. The number of aliphatic imine (C=N–C) groups is 1. The quantitative estimate of drug-likeness (QED) is 0.235. The molecule has 5 nitrogen and oxygen atoms in total. The van der Waals surface area contributed by atoms with Crippen LogP contribution in [-0.2, 0) is 44.6 Å². The van der Waals surface area contributed by atoms with E-state index >= 15 is 0 Å². The fraction of sp³-hybridized carbons (Fsp3) is 0.500. The zero-order valence-electron chi connectivity index (χ0n) is 26.4. The molecule has 0 aliphatic rings. The van der Waals surface area contributed by atoms with Crippen LogP contribution in [0.3, 0.4) is 0 Å². The molecule has 1 heterocycles. The first-order chi connectivity index (χ1) is 17.7. The minimum absolute atomic E-state index is 0. The van der Waals surface area contributed by atoms with Crippen molar-refractivity contribution in [2.75, 3.05) is 0 Å². The van der Waals surface area contributed by atoms with Gasteiger partial charge >= 0.3 is 16.5 Å². The van der Waals surface area contributed by atoms with Crippen molar-refractivity contribution >= 4 is 11.9 Å². The van der Waals surface area contributed by atoms with Crippen molar-refractivity contribution in [1.29, 1.82) is 0 Å². The number of hydrogen-bond acceptors (Lipinski definition) is 5. The van der Waals surface area contributed by atoms with E-state index in [0.29, 0.717) is 17.5 Å². The summed E-state index contributed by atoms with van der Waals surface area (Å²) < 4.78 is 0. The van der Waals surface area contributed by atoms with Gasteiger partial charge in [0.15, 0.2) is 0 Å². The van der Waals surface area contributed by atoms with Gasteiger partial charge in [-0.2, -0.15) is 0 Å². The molecule has 0 saturated carbocycles. The molecular formula is C34H47N3NiO2. The minimum Gasteiger partial charge on any atom is -0.873 e. The van der Waals surface area contributed by atoms with E-state index in [2.05, 4.69) is 69.7 Å². The van der Waals surface area contributed by atoms with Gasteiger partial charge < -0.3 is 10.2 Å². The van der Waals surface area contributed by atoms with Crippen LogP contribution in [0.15, 0.2) is 53.9 Å². The summed E-state index contributed by atoms with van der Waals surface area (Å²) in [5.41, 5.74) is 5.39. The topological polar surface area (TPSA) is 84.3 Å². The second-order valence-corrected chi connectivity index (χ2v) is 14.3. The van der Waals surface area contributed by atoms with Gasteiger partial charge in [-0.05, 0) is 38.9 Å². The normalized spacial score (nSPS) is 12.5. The van der Waals surface area contributed by atoms with E-state index in [1.807, 2.05) is 47.8 Å². The van der Waals surface area contributed by atoms with Gasteiger partial charge in [-0.15, -0.1) is 11.5 Å². The average molecular weight is 588 g/mol. The molecule has 0 spiro atoms. The number of aromatic nitrogens is 2. The van der Waals surface area contributed by atoms with Crippen molar-refractivity contribution in [2.24, 2.45) is 4.99 Å². The molecule has 0 saturated heterocycles. The fourth-order valence-electron chi connectivity index (χ4n) is 4.16. The Balaban J connectivity index is 0.000000416. The zero-order chi connectivity index (χ0) is 29.8. The van der Waals surface area contributed by atoms with E-state index in [-0.39, 0.29) is 49.7 Å². The van der Waals surface area contributed by atoms with Crippen LogP contribution in [0.1, 0.15) is 111 Å². The van der Waals surface area contributed by atoms with Gasteiger partial charge in [0.25, 0.3) is 0 Å². The van der Waals surface area contributed by atoms with Gasteiger partial charge in [0.2, 0.25) is 0 Å². The summed E-state index contributed by atoms with van der Waals surface area (Å²) >= 11 is 0. The zero-order valence-corrected chi connectivity index (χ0v) is 27.4. The summed E-state index contributed by atoms with van der Waals surface area (Å²) in [6, 6.07) is 10.3.